The van der Waals surface area contributed by atoms with Crippen molar-refractivity contribution in [3.63, 3.8) is 0 Å². The Kier molecular flexibility index (Phi) is 5.15. The lowest BCUT2D eigenvalue weighted by Gasteiger charge is -2.00. The summed E-state index contributed by atoms with van der Waals surface area (Å²) in [6.07, 6.45) is 1.51. The molecule has 24 heavy (non-hydrogen) atoms. The lowest BCUT2D eigenvalue weighted by Crippen LogP contribution is -2.31. The number of nitrogens with zero attached hydrogens (tertiary/aromatic N) is 3. The summed E-state index contributed by atoms with van der Waals surface area (Å²) in [6.45, 7) is 2.13. The van der Waals surface area contributed by atoms with E-state index in [0.717, 1.165) is 11.3 Å². The van der Waals surface area contributed by atoms with Gasteiger partial charge in [-0.1, -0.05) is 0 Å². The van der Waals surface area contributed by atoms with Crippen molar-refractivity contribution < 1.29 is 4.79 Å². The van der Waals surface area contributed by atoms with E-state index in [4.69, 9.17) is 16.3 Å². The van der Waals surface area contributed by atoms with E-state index in [-0.39, 0.29) is 11.1 Å². The van der Waals surface area contributed by atoms with Gasteiger partial charge in [0.15, 0.2) is 5.57 Å². The number of aromatic nitrogens is 1. The molecule has 2 aromatic rings. The number of benzene rings is 1. The lowest BCUT2D eigenvalue weighted by atomic mass is 10.2. The maximum atomic E-state index is 12.3. The van der Waals surface area contributed by atoms with E-state index >= 15 is 0 Å². The van der Waals surface area contributed by atoms with Crippen LogP contribution in [0.25, 0.3) is 11.8 Å². The maximum Gasteiger partial charge on any atom is 0.270 e. The molecule has 0 aliphatic rings. The van der Waals surface area contributed by atoms with Gasteiger partial charge in [-0.2, -0.15) is 10.5 Å². The molecule has 8 heteroatoms. The second kappa shape index (κ2) is 7.27. The van der Waals surface area contributed by atoms with Crippen LogP contribution in [0.5, 0.6) is 0 Å². The second-order valence-corrected chi connectivity index (χ2v) is 5.68. The standard InChI is InChI=1S/C16H13N5O2S/c1-2-21-15(23)13(24-16(21)11(7-17)8-18)9-20-12-5-3-10(4-6-12)14(19)22/h3-6,9,20H,2H2,1H3,(H2,19,22). The van der Waals surface area contributed by atoms with E-state index in [1.807, 2.05) is 0 Å². The third kappa shape index (κ3) is 3.35. The zero-order valence-corrected chi connectivity index (χ0v) is 13.6. The van der Waals surface area contributed by atoms with Crippen LogP contribution in [0.2, 0.25) is 0 Å². The van der Waals surface area contributed by atoms with Crippen LogP contribution < -0.4 is 25.8 Å². The number of carbonyl (C=O) groups is 1. The van der Waals surface area contributed by atoms with E-state index in [1.165, 1.54) is 10.8 Å². The SMILES string of the molecule is CCn1c(=C(C#N)C#N)sc(=CNc2ccc(C(N)=O)cc2)c1=O. The fraction of sp³-hybridized carbons (Fsp3) is 0.125. The first-order valence-corrected chi connectivity index (χ1v) is 7.74. The Morgan fingerprint density at radius 2 is 1.96 bits per heavy atom. The van der Waals surface area contributed by atoms with Gasteiger partial charge in [-0.05, 0) is 31.2 Å². The molecule has 2 rings (SSSR count). The summed E-state index contributed by atoms with van der Waals surface area (Å²) in [5.41, 5.74) is 5.86. The van der Waals surface area contributed by atoms with Crippen molar-refractivity contribution in [1.29, 1.82) is 10.5 Å². The number of primary amides is 1. The molecular weight excluding hydrogens is 326 g/mol. The fourth-order valence-electron chi connectivity index (χ4n) is 1.99. The van der Waals surface area contributed by atoms with Gasteiger partial charge in [0.05, 0.1) is 0 Å². The van der Waals surface area contributed by atoms with E-state index in [0.29, 0.717) is 27.0 Å². The molecule has 1 heterocycles. The molecule has 120 valence electrons. The number of nitrogens with two attached hydrogens (primary N) is 1. The number of hydrogen-bond acceptors (Lipinski definition) is 6. The van der Waals surface area contributed by atoms with Gasteiger partial charge in [0.2, 0.25) is 5.91 Å². The van der Waals surface area contributed by atoms with E-state index < -0.39 is 5.91 Å². The Labute approximate surface area is 141 Å². The third-order valence-corrected chi connectivity index (χ3v) is 4.33. The number of nitrogens with one attached hydrogen (secondary N) is 1. The topological polar surface area (TPSA) is 125 Å². The molecular formula is C16H13N5O2S. The highest BCUT2D eigenvalue weighted by Gasteiger charge is 2.07. The number of anilines is 1. The molecule has 7 nitrogen and oxygen atoms in total. The van der Waals surface area contributed by atoms with Crippen LogP contribution in [0.3, 0.4) is 0 Å². The van der Waals surface area contributed by atoms with Crippen LogP contribution >= 0.6 is 11.3 Å². The van der Waals surface area contributed by atoms with Gasteiger partial charge in [-0.25, -0.2) is 0 Å². The van der Waals surface area contributed by atoms with E-state index in [1.54, 1.807) is 43.3 Å². The highest BCUT2D eigenvalue weighted by molar-refractivity contribution is 7.07. The molecule has 0 aliphatic heterocycles. The molecule has 0 bridgehead atoms. The van der Waals surface area contributed by atoms with Gasteiger partial charge in [0.25, 0.3) is 5.56 Å². The summed E-state index contributed by atoms with van der Waals surface area (Å²) in [6, 6.07) is 10.1. The van der Waals surface area contributed by atoms with Crippen LogP contribution in [0, 0.1) is 22.7 Å². The normalized spacial score (nSPS) is 10.7. The highest BCUT2D eigenvalue weighted by Crippen LogP contribution is 2.08. The minimum atomic E-state index is -0.518. The lowest BCUT2D eigenvalue weighted by molar-refractivity contribution is 0.100. The summed E-state index contributed by atoms with van der Waals surface area (Å²) in [7, 11) is 0. The van der Waals surface area contributed by atoms with Crippen LogP contribution in [0.4, 0.5) is 5.69 Å². The molecule has 0 saturated carbocycles. The van der Waals surface area contributed by atoms with Crippen LogP contribution in [-0.2, 0) is 6.54 Å². The van der Waals surface area contributed by atoms with Crippen LogP contribution in [0.1, 0.15) is 17.3 Å². The number of carbonyl (C=O) groups excluding carboxylic acids is 1. The Morgan fingerprint density at radius 1 is 1.33 bits per heavy atom. The van der Waals surface area contributed by atoms with Crippen LogP contribution in [0.15, 0.2) is 29.1 Å². The Bertz CT molecular complexity index is 1020. The summed E-state index contributed by atoms with van der Waals surface area (Å²) >= 11 is 1.07. The van der Waals surface area contributed by atoms with Crippen molar-refractivity contribution in [2.24, 2.45) is 5.73 Å². The molecule has 0 spiro atoms. The average molecular weight is 339 g/mol. The number of thiazole rings is 1. The summed E-state index contributed by atoms with van der Waals surface area (Å²) in [5, 5.41) is 20.9. The number of rotatable bonds is 4. The molecule has 0 unspecified atom stereocenters. The van der Waals surface area contributed by atoms with Gasteiger partial charge in [-0.3, -0.25) is 14.2 Å². The minimum Gasteiger partial charge on any atom is -0.366 e. The molecule has 0 atom stereocenters. The number of hydrogen-bond donors (Lipinski definition) is 2. The molecule has 1 aromatic carbocycles. The van der Waals surface area contributed by atoms with Crippen molar-refractivity contribution in [3.05, 3.63) is 49.4 Å². The summed E-state index contributed by atoms with van der Waals surface area (Å²) in [5.74, 6) is -0.518. The smallest absolute Gasteiger partial charge is 0.270 e. The van der Waals surface area contributed by atoms with Gasteiger partial charge in [0, 0.05) is 24.0 Å². The van der Waals surface area contributed by atoms with Crippen molar-refractivity contribution in [2.75, 3.05) is 5.32 Å². The predicted molar refractivity (Wildman–Crippen MR) is 91.2 cm³/mol. The highest BCUT2D eigenvalue weighted by atomic mass is 32.1. The summed E-state index contributed by atoms with van der Waals surface area (Å²) < 4.78 is 2.09. The minimum absolute atomic E-state index is 0.0931. The monoisotopic (exact) mass is 339 g/mol. The molecule has 0 aliphatic carbocycles. The number of nitriles is 2. The summed E-state index contributed by atoms with van der Waals surface area (Å²) in [4.78, 5) is 23.4. The molecule has 0 radical (unpaired) electrons. The first-order valence-electron chi connectivity index (χ1n) is 6.92. The molecule has 3 N–H and O–H groups in total. The maximum absolute atomic E-state index is 12.3. The van der Waals surface area contributed by atoms with E-state index in [9.17, 15) is 9.59 Å². The van der Waals surface area contributed by atoms with Gasteiger partial charge < -0.3 is 11.1 Å². The zero-order chi connectivity index (χ0) is 17.7. The largest absolute Gasteiger partial charge is 0.366 e. The van der Waals surface area contributed by atoms with Crippen molar-refractivity contribution in [3.8, 4) is 12.1 Å². The second-order valence-electron chi connectivity index (χ2n) is 4.65. The first kappa shape index (κ1) is 17.0. The Balaban J connectivity index is 2.47. The molecule has 1 aromatic heterocycles. The quantitative estimate of drug-likeness (QED) is 0.816. The zero-order valence-electron chi connectivity index (χ0n) is 12.7. The predicted octanol–water partition coefficient (Wildman–Crippen LogP) is 0.0766. The Hall–Kier alpha value is -3.36. The van der Waals surface area contributed by atoms with Crippen molar-refractivity contribution >= 4 is 34.7 Å². The average Bonchev–Trinajstić information content (AvgIpc) is 2.90. The fourth-order valence-corrected chi connectivity index (χ4v) is 3.03. The molecule has 0 saturated heterocycles. The molecule has 1 amide bonds. The van der Waals surface area contributed by atoms with Gasteiger partial charge in [-0.15, -0.1) is 11.3 Å². The third-order valence-electron chi connectivity index (χ3n) is 3.20. The van der Waals surface area contributed by atoms with Gasteiger partial charge in [0.1, 0.15) is 21.3 Å². The first-order chi connectivity index (χ1) is 11.5. The number of amides is 1. The van der Waals surface area contributed by atoms with Gasteiger partial charge >= 0.3 is 0 Å². The Morgan fingerprint density at radius 3 is 2.46 bits per heavy atom. The van der Waals surface area contributed by atoms with Crippen molar-refractivity contribution in [2.45, 2.75) is 13.5 Å². The van der Waals surface area contributed by atoms with E-state index in [2.05, 4.69) is 5.32 Å². The molecule has 0 fully saturated rings. The van der Waals surface area contributed by atoms with Crippen LogP contribution in [-0.4, -0.2) is 10.5 Å². The van der Waals surface area contributed by atoms with Crippen molar-refractivity contribution in [1.82, 2.24) is 4.57 Å².